The number of non-ortho nitro benzene ring substituents is 1. The van der Waals surface area contributed by atoms with Crippen LogP contribution in [0.15, 0.2) is 54.6 Å². The SMILES string of the molecule is O=C(CC(=O)c1ccccc1)C(=O)NNC(=O)c1cccc([N+](=O)[O-])c1. The van der Waals surface area contributed by atoms with Crippen LogP contribution in [0.3, 0.4) is 0 Å². The molecule has 0 atom stereocenters. The van der Waals surface area contributed by atoms with Gasteiger partial charge in [0.15, 0.2) is 5.78 Å². The van der Waals surface area contributed by atoms with Gasteiger partial charge in [-0.05, 0) is 6.07 Å². The van der Waals surface area contributed by atoms with Gasteiger partial charge in [0.05, 0.1) is 11.3 Å². The summed E-state index contributed by atoms with van der Waals surface area (Å²) < 4.78 is 0. The predicted molar refractivity (Wildman–Crippen MR) is 89.1 cm³/mol. The van der Waals surface area contributed by atoms with Gasteiger partial charge in [-0.2, -0.15) is 0 Å². The molecule has 0 saturated heterocycles. The number of nitro groups is 1. The molecule has 0 aliphatic carbocycles. The Labute approximate surface area is 147 Å². The fraction of sp³-hybridized carbons (Fsp3) is 0.0588. The largest absolute Gasteiger partial charge is 0.306 e. The topological polar surface area (TPSA) is 135 Å². The number of hydrazine groups is 1. The number of amides is 2. The molecule has 26 heavy (non-hydrogen) atoms. The molecule has 2 N–H and O–H groups in total. The Morgan fingerprint density at radius 3 is 2.19 bits per heavy atom. The number of carbonyl (C=O) groups is 4. The van der Waals surface area contributed by atoms with E-state index in [-0.39, 0.29) is 16.8 Å². The second-order valence-corrected chi connectivity index (χ2v) is 5.10. The standard InChI is InChI=1S/C17H13N3O6/c21-14(11-5-2-1-3-6-11)10-15(22)17(24)19-18-16(23)12-7-4-8-13(9-12)20(25)26/h1-9H,10H2,(H,18,23)(H,19,24). The highest BCUT2D eigenvalue weighted by atomic mass is 16.6. The van der Waals surface area contributed by atoms with Crippen molar-refractivity contribution in [3.05, 3.63) is 75.8 Å². The number of hydrogen-bond acceptors (Lipinski definition) is 6. The second kappa shape index (κ2) is 8.29. The third-order valence-corrected chi connectivity index (χ3v) is 3.28. The number of hydrogen-bond donors (Lipinski definition) is 2. The fourth-order valence-electron chi connectivity index (χ4n) is 1.97. The summed E-state index contributed by atoms with van der Waals surface area (Å²) in [7, 11) is 0. The van der Waals surface area contributed by atoms with Crippen molar-refractivity contribution in [1.29, 1.82) is 0 Å². The van der Waals surface area contributed by atoms with Gasteiger partial charge in [0.1, 0.15) is 0 Å². The van der Waals surface area contributed by atoms with Crippen LogP contribution in [0.1, 0.15) is 27.1 Å². The van der Waals surface area contributed by atoms with Crippen molar-refractivity contribution in [3.8, 4) is 0 Å². The normalized spacial score (nSPS) is 9.85. The van der Waals surface area contributed by atoms with Crippen LogP contribution in [0.2, 0.25) is 0 Å². The van der Waals surface area contributed by atoms with Crippen LogP contribution >= 0.6 is 0 Å². The Morgan fingerprint density at radius 2 is 1.54 bits per heavy atom. The van der Waals surface area contributed by atoms with E-state index in [1.807, 2.05) is 10.9 Å². The molecule has 0 radical (unpaired) electrons. The minimum absolute atomic E-state index is 0.0766. The molecule has 0 saturated carbocycles. The molecule has 0 fully saturated rings. The number of nitrogens with one attached hydrogen (secondary N) is 2. The van der Waals surface area contributed by atoms with Gasteiger partial charge in [-0.1, -0.05) is 36.4 Å². The zero-order chi connectivity index (χ0) is 19.1. The van der Waals surface area contributed by atoms with E-state index < -0.39 is 34.7 Å². The third kappa shape index (κ3) is 4.81. The van der Waals surface area contributed by atoms with Crippen molar-refractivity contribution in [2.45, 2.75) is 6.42 Å². The second-order valence-electron chi connectivity index (χ2n) is 5.10. The van der Waals surface area contributed by atoms with Gasteiger partial charge < -0.3 is 0 Å². The molecule has 0 aromatic heterocycles. The van der Waals surface area contributed by atoms with E-state index in [9.17, 15) is 29.3 Å². The maximum absolute atomic E-state index is 11.9. The lowest BCUT2D eigenvalue weighted by Crippen LogP contribution is -2.45. The average Bonchev–Trinajstić information content (AvgIpc) is 2.66. The van der Waals surface area contributed by atoms with Gasteiger partial charge >= 0.3 is 5.91 Å². The summed E-state index contributed by atoms with van der Waals surface area (Å²) >= 11 is 0. The lowest BCUT2D eigenvalue weighted by Gasteiger charge is -2.06. The number of nitro benzene ring substituents is 1. The first-order valence-electron chi connectivity index (χ1n) is 7.34. The van der Waals surface area contributed by atoms with E-state index >= 15 is 0 Å². The Bertz CT molecular complexity index is 879. The van der Waals surface area contributed by atoms with Crippen LogP contribution in [0.5, 0.6) is 0 Å². The molecule has 2 rings (SSSR count). The summed E-state index contributed by atoms with van der Waals surface area (Å²) in [5.41, 5.74) is 3.75. The highest BCUT2D eigenvalue weighted by Crippen LogP contribution is 2.12. The van der Waals surface area contributed by atoms with E-state index in [2.05, 4.69) is 0 Å². The molecule has 9 nitrogen and oxygen atoms in total. The maximum atomic E-state index is 11.9. The zero-order valence-electron chi connectivity index (χ0n) is 13.3. The summed E-state index contributed by atoms with van der Waals surface area (Å²) in [6, 6.07) is 12.8. The first kappa shape index (κ1) is 18.5. The molecular formula is C17H13N3O6. The van der Waals surface area contributed by atoms with Crippen molar-refractivity contribution in [2.75, 3.05) is 0 Å². The highest BCUT2D eigenvalue weighted by molar-refractivity contribution is 6.40. The van der Waals surface area contributed by atoms with E-state index in [0.29, 0.717) is 0 Å². The van der Waals surface area contributed by atoms with Gasteiger partial charge in [0, 0.05) is 23.3 Å². The zero-order valence-corrected chi connectivity index (χ0v) is 13.3. The Kier molecular flexibility index (Phi) is 5.88. The summed E-state index contributed by atoms with van der Waals surface area (Å²) in [6.45, 7) is 0. The molecule has 0 unspecified atom stereocenters. The molecule has 2 amide bonds. The molecular weight excluding hydrogens is 342 g/mol. The first-order chi connectivity index (χ1) is 12.4. The number of benzene rings is 2. The van der Waals surface area contributed by atoms with Crippen LogP contribution in [0, 0.1) is 10.1 Å². The summed E-state index contributed by atoms with van der Waals surface area (Å²) in [5, 5.41) is 10.7. The Balaban J connectivity index is 1.90. The van der Waals surface area contributed by atoms with E-state index in [1.165, 1.54) is 30.3 Å². The molecule has 0 spiro atoms. The fourth-order valence-corrected chi connectivity index (χ4v) is 1.97. The Morgan fingerprint density at radius 1 is 0.885 bits per heavy atom. The van der Waals surface area contributed by atoms with E-state index in [4.69, 9.17) is 0 Å². The van der Waals surface area contributed by atoms with Gasteiger partial charge in [-0.25, -0.2) is 0 Å². The van der Waals surface area contributed by atoms with Crippen molar-refractivity contribution < 1.29 is 24.1 Å². The summed E-state index contributed by atoms with van der Waals surface area (Å²) in [6.07, 6.45) is -0.650. The molecule has 132 valence electrons. The van der Waals surface area contributed by atoms with Gasteiger partial charge in [0.25, 0.3) is 11.6 Å². The van der Waals surface area contributed by atoms with Crippen molar-refractivity contribution in [3.63, 3.8) is 0 Å². The molecule has 0 aliphatic rings. The van der Waals surface area contributed by atoms with Crippen molar-refractivity contribution >= 4 is 29.1 Å². The monoisotopic (exact) mass is 355 g/mol. The summed E-state index contributed by atoms with van der Waals surface area (Å²) in [4.78, 5) is 57.2. The average molecular weight is 355 g/mol. The lowest BCUT2D eigenvalue weighted by atomic mass is 10.1. The maximum Gasteiger partial charge on any atom is 0.306 e. The molecule has 0 aliphatic heterocycles. The van der Waals surface area contributed by atoms with E-state index in [0.717, 1.165) is 6.07 Å². The van der Waals surface area contributed by atoms with Crippen LogP contribution < -0.4 is 10.9 Å². The minimum atomic E-state index is -1.17. The first-order valence-corrected chi connectivity index (χ1v) is 7.34. The number of ketones is 2. The molecule has 2 aromatic carbocycles. The van der Waals surface area contributed by atoms with Crippen molar-refractivity contribution in [2.24, 2.45) is 0 Å². The van der Waals surface area contributed by atoms with Crippen LogP contribution in [-0.2, 0) is 9.59 Å². The number of carbonyl (C=O) groups excluding carboxylic acids is 4. The third-order valence-electron chi connectivity index (χ3n) is 3.28. The minimum Gasteiger partial charge on any atom is -0.294 e. The van der Waals surface area contributed by atoms with Crippen LogP contribution in [0.25, 0.3) is 0 Å². The molecule has 2 aromatic rings. The summed E-state index contributed by atoms with van der Waals surface area (Å²) in [5.74, 6) is -3.58. The number of rotatable bonds is 6. The number of Topliss-reactive ketones (excluding diaryl/α,β-unsaturated/α-hetero) is 2. The number of nitrogens with zero attached hydrogens (tertiary/aromatic N) is 1. The smallest absolute Gasteiger partial charge is 0.294 e. The highest BCUT2D eigenvalue weighted by Gasteiger charge is 2.20. The van der Waals surface area contributed by atoms with E-state index in [1.54, 1.807) is 18.2 Å². The van der Waals surface area contributed by atoms with Gasteiger partial charge in [-0.3, -0.25) is 40.1 Å². The molecule has 0 heterocycles. The molecule has 0 bridgehead atoms. The van der Waals surface area contributed by atoms with Crippen molar-refractivity contribution in [1.82, 2.24) is 10.9 Å². The van der Waals surface area contributed by atoms with Gasteiger partial charge in [0.2, 0.25) is 5.78 Å². The Hall–Kier alpha value is -3.88. The van der Waals surface area contributed by atoms with Crippen LogP contribution in [-0.4, -0.2) is 28.3 Å². The quantitative estimate of drug-likeness (QED) is 0.263. The lowest BCUT2D eigenvalue weighted by molar-refractivity contribution is -0.384. The predicted octanol–water partition coefficient (Wildman–Crippen LogP) is 1.20. The van der Waals surface area contributed by atoms with Gasteiger partial charge in [-0.15, -0.1) is 0 Å². The van der Waals surface area contributed by atoms with Crippen LogP contribution in [0.4, 0.5) is 5.69 Å². The molecule has 9 heteroatoms.